The Hall–Kier alpha value is -3.21. The summed E-state index contributed by atoms with van der Waals surface area (Å²) in [4.78, 5) is 20.3. The van der Waals surface area contributed by atoms with Gasteiger partial charge in [0.15, 0.2) is 7.14 Å². The zero-order chi connectivity index (χ0) is 24.0. The van der Waals surface area contributed by atoms with Gasteiger partial charge in [-0.25, -0.2) is 4.98 Å². The van der Waals surface area contributed by atoms with E-state index in [9.17, 15) is 9.36 Å². The third kappa shape index (κ3) is 5.14. The molecule has 0 aliphatic carbocycles. The standard InChI is InChI=1S/C27H31N4O2P/c1-3-30(4-2)19-20-31-25-18-12-11-17-24(25)28-27(31)29-26(32)21-34(33,22-13-7-5-8-14-22)23-15-9-6-10-16-23/h5-18H,3-4,19-21H2,1-2H3,(H,28,29,32). The maximum Gasteiger partial charge on any atom is 0.234 e. The van der Waals surface area contributed by atoms with Gasteiger partial charge in [-0.1, -0.05) is 86.6 Å². The lowest BCUT2D eigenvalue weighted by Crippen LogP contribution is -2.29. The molecule has 0 aliphatic heterocycles. The molecule has 0 radical (unpaired) electrons. The molecule has 0 atom stereocenters. The van der Waals surface area contributed by atoms with E-state index in [0.717, 1.165) is 30.7 Å². The first-order chi connectivity index (χ1) is 16.5. The van der Waals surface area contributed by atoms with Gasteiger partial charge in [-0.15, -0.1) is 0 Å². The van der Waals surface area contributed by atoms with Gasteiger partial charge in [-0.2, -0.15) is 0 Å². The summed E-state index contributed by atoms with van der Waals surface area (Å²) in [5.74, 6) is 0.182. The van der Waals surface area contributed by atoms with Crippen LogP contribution < -0.4 is 15.9 Å². The number of para-hydroxylation sites is 2. The minimum Gasteiger partial charge on any atom is -0.313 e. The van der Waals surface area contributed by atoms with E-state index in [2.05, 4.69) is 29.0 Å². The maximum absolute atomic E-state index is 14.3. The van der Waals surface area contributed by atoms with Gasteiger partial charge in [0.05, 0.1) is 17.2 Å². The number of benzene rings is 3. The Morgan fingerprint density at radius 1 is 0.882 bits per heavy atom. The number of carbonyl (C=O) groups is 1. The molecule has 0 fully saturated rings. The molecule has 6 nitrogen and oxygen atoms in total. The summed E-state index contributed by atoms with van der Waals surface area (Å²) in [5, 5.41) is 4.32. The fourth-order valence-corrected chi connectivity index (χ4v) is 6.67. The predicted octanol–water partition coefficient (Wildman–Crippen LogP) is 4.33. The molecule has 0 saturated carbocycles. The fourth-order valence-electron chi connectivity index (χ4n) is 4.21. The molecule has 0 bridgehead atoms. The van der Waals surface area contributed by atoms with Crippen molar-refractivity contribution in [2.24, 2.45) is 0 Å². The molecule has 1 amide bonds. The third-order valence-corrected chi connectivity index (χ3v) is 9.15. The summed E-state index contributed by atoms with van der Waals surface area (Å²) < 4.78 is 16.3. The fraction of sp³-hybridized carbons (Fsp3) is 0.259. The van der Waals surface area contributed by atoms with Crippen LogP contribution in [0.15, 0.2) is 84.9 Å². The van der Waals surface area contributed by atoms with E-state index in [1.807, 2.05) is 89.5 Å². The topological polar surface area (TPSA) is 67.2 Å². The van der Waals surface area contributed by atoms with E-state index in [4.69, 9.17) is 0 Å². The molecule has 1 aromatic heterocycles. The van der Waals surface area contributed by atoms with Crippen molar-refractivity contribution in [1.82, 2.24) is 14.5 Å². The van der Waals surface area contributed by atoms with Crippen LogP contribution >= 0.6 is 7.14 Å². The van der Waals surface area contributed by atoms with Gasteiger partial charge in [-0.3, -0.25) is 10.1 Å². The second-order valence-corrected chi connectivity index (χ2v) is 11.0. The van der Waals surface area contributed by atoms with Gasteiger partial charge in [0.25, 0.3) is 0 Å². The molecule has 0 aliphatic rings. The van der Waals surface area contributed by atoms with Crippen molar-refractivity contribution in [3.63, 3.8) is 0 Å². The van der Waals surface area contributed by atoms with Crippen LogP contribution in [0.2, 0.25) is 0 Å². The van der Waals surface area contributed by atoms with Crippen LogP contribution in [0.25, 0.3) is 11.0 Å². The Balaban J connectivity index is 1.63. The number of nitrogens with zero attached hydrogens (tertiary/aromatic N) is 3. The largest absolute Gasteiger partial charge is 0.313 e. The number of amides is 1. The van der Waals surface area contributed by atoms with Crippen molar-refractivity contribution in [3.05, 3.63) is 84.9 Å². The Bertz CT molecular complexity index is 1240. The summed E-state index contributed by atoms with van der Waals surface area (Å²) in [6.45, 7) is 7.76. The Kier molecular flexibility index (Phi) is 7.61. The van der Waals surface area contributed by atoms with Crippen LogP contribution in [-0.2, 0) is 15.9 Å². The molecule has 4 rings (SSSR count). The molecule has 176 valence electrons. The second kappa shape index (κ2) is 10.8. The van der Waals surface area contributed by atoms with Gasteiger partial charge in [0.2, 0.25) is 11.9 Å². The van der Waals surface area contributed by atoms with E-state index in [-0.39, 0.29) is 12.1 Å². The number of rotatable bonds is 10. The molecular weight excluding hydrogens is 443 g/mol. The Morgan fingerprint density at radius 3 is 2.03 bits per heavy atom. The van der Waals surface area contributed by atoms with E-state index < -0.39 is 7.14 Å². The number of hydrogen-bond acceptors (Lipinski definition) is 4. The molecular formula is C27H31N4O2P. The number of imidazole rings is 1. The monoisotopic (exact) mass is 474 g/mol. The SMILES string of the molecule is CCN(CC)CCn1c(NC(=O)CP(=O)(c2ccccc2)c2ccccc2)nc2ccccc21. The lowest BCUT2D eigenvalue weighted by Gasteiger charge is -2.20. The summed E-state index contributed by atoms with van der Waals surface area (Å²) >= 11 is 0. The first-order valence-electron chi connectivity index (χ1n) is 11.7. The highest BCUT2D eigenvalue weighted by Gasteiger charge is 2.30. The van der Waals surface area contributed by atoms with Crippen LogP contribution in [0.1, 0.15) is 13.8 Å². The molecule has 3 aromatic carbocycles. The lowest BCUT2D eigenvalue weighted by atomic mass is 10.3. The van der Waals surface area contributed by atoms with Gasteiger partial charge >= 0.3 is 0 Å². The third-order valence-electron chi connectivity index (χ3n) is 6.15. The minimum atomic E-state index is -3.16. The molecule has 0 saturated heterocycles. The molecule has 0 spiro atoms. The molecule has 34 heavy (non-hydrogen) atoms. The number of hydrogen-bond donors (Lipinski definition) is 1. The van der Waals surface area contributed by atoms with Crippen LogP contribution in [0.3, 0.4) is 0 Å². The first kappa shape index (κ1) is 23.9. The van der Waals surface area contributed by atoms with Crippen molar-refractivity contribution in [2.75, 3.05) is 31.1 Å². The van der Waals surface area contributed by atoms with Crippen molar-refractivity contribution in [2.45, 2.75) is 20.4 Å². The number of anilines is 1. The quantitative estimate of drug-likeness (QED) is 0.348. The smallest absolute Gasteiger partial charge is 0.234 e. The average molecular weight is 475 g/mol. The maximum atomic E-state index is 14.3. The Morgan fingerprint density at radius 2 is 1.44 bits per heavy atom. The lowest BCUT2D eigenvalue weighted by molar-refractivity contribution is -0.114. The molecule has 1 heterocycles. The van der Waals surface area contributed by atoms with E-state index in [1.54, 1.807) is 0 Å². The van der Waals surface area contributed by atoms with Crippen molar-refractivity contribution < 1.29 is 9.36 Å². The highest BCUT2D eigenvalue weighted by Crippen LogP contribution is 2.43. The normalized spacial score (nSPS) is 11.7. The summed E-state index contributed by atoms with van der Waals surface area (Å²) in [5.41, 5.74) is 1.80. The van der Waals surface area contributed by atoms with Gasteiger partial charge in [0, 0.05) is 23.7 Å². The minimum absolute atomic E-state index is 0.125. The predicted molar refractivity (Wildman–Crippen MR) is 141 cm³/mol. The van der Waals surface area contributed by atoms with Gasteiger partial charge in [-0.05, 0) is 25.2 Å². The summed E-state index contributed by atoms with van der Waals surface area (Å²) in [6, 6.07) is 26.4. The van der Waals surface area contributed by atoms with E-state index in [1.165, 1.54) is 0 Å². The van der Waals surface area contributed by atoms with Gasteiger partial charge < -0.3 is 14.0 Å². The average Bonchev–Trinajstić information content (AvgIpc) is 3.22. The summed E-state index contributed by atoms with van der Waals surface area (Å²) in [7, 11) is -3.16. The number of carbonyl (C=O) groups excluding carboxylic acids is 1. The van der Waals surface area contributed by atoms with Crippen molar-refractivity contribution >= 4 is 40.6 Å². The molecule has 4 aromatic rings. The van der Waals surface area contributed by atoms with Crippen LogP contribution in [0, 0.1) is 0 Å². The zero-order valence-corrected chi connectivity index (χ0v) is 20.6. The molecule has 0 unspecified atom stereocenters. The second-order valence-electron chi connectivity index (χ2n) is 8.22. The van der Waals surface area contributed by atoms with Crippen LogP contribution in [-0.4, -0.2) is 46.2 Å². The number of likely N-dealkylation sites (N-methyl/N-ethyl adjacent to an activating group) is 1. The number of fused-ring (bicyclic) bond motifs is 1. The number of nitrogens with one attached hydrogen (secondary N) is 1. The van der Waals surface area contributed by atoms with E-state index >= 15 is 0 Å². The van der Waals surface area contributed by atoms with Crippen molar-refractivity contribution in [1.29, 1.82) is 0 Å². The Labute approximate surface area is 201 Å². The number of aromatic nitrogens is 2. The molecule has 1 N–H and O–H groups in total. The van der Waals surface area contributed by atoms with Crippen LogP contribution in [0.4, 0.5) is 5.95 Å². The zero-order valence-electron chi connectivity index (χ0n) is 19.7. The van der Waals surface area contributed by atoms with Gasteiger partial charge in [0.1, 0.15) is 0 Å². The van der Waals surface area contributed by atoms with Crippen molar-refractivity contribution in [3.8, 4) is 0 Å². The highest BCUT2D eigenvalue weighted by molar-refractivity contribution is 7.79. The molecule has 7 heteroatoms. The van der Waals surface area contributed by atoms with E-state index in [0.29, 0.717) is 23.1 Å². The first-order valence-corrected chi connectivity index (χ1v) is 13.6. The van der Waals surface area contributed by atoms with Crippen LogP contribution in [0.5, 0.6) is 0 Å². The highest BCUT2D eigenvalue weighted by atomic mass is 31.2. The summed E-state index contributed by atoms with van der Waals surface area (Å²) in [6.07, 6.45) is -0.125.